The molecule has 0 nitrogen and oxygen atoms in total. The molecule has 5 heavy (non-hydrogen) atoms. The molecule has 0 amide bonds. The van der Waals surface area contributed by atoms with E-state index in [1.54, 1.807) is 0 Å². The van der Waals surface area contributed by atoms with Gasteiger partial charge < -0.3 is 0 Å². The van der Waals surface area contributed by atoms with Crippen LogP contribution in [0.3, 0.4) is 0 Å². The Balaban J connectivity index is 2.81. The van der Waals surface area contributed by atoms with E-state index in [4.69, 9.17) is 0 Å². The average Bonchev–Trinajstić information content (AvgIpc) is 1.41. The summed E-state index contributed by atoms with van der Waals surface area (Å²) in [6.07, 6.45) is 1.12. The first-order valence-corrected chi connectivity index (χ1v) is 9.29. The first kappa shape index (κ1) is 5.95. The van der Waals surface area contributed by atoms with E-state index in [2.05, 4.69) is 24.4 Å². The fourth-order valence-electron chi connectivity index (χ4n) is 0.0546. The third kappa shape index (κ3) is 4.95. The molecular weight excluding hydrogens is 300 g/mol. The molecule has 0 aromatic rings. The van der Waals surface area contributed by atoms with Crippen LogP contribution in [0.15, 0.2) is 0 Å². The molecule has 0 rings (SSSR count). The zero-order valence-corrected chi connectivity index (χ0v) is 7.51. The molecule has 0 saturated heterocycles. The quantitative estimate of drug-likeness (QED) is 0.640. The summed E-state index contributed by atoms with van der Waals surface area (Å²) >= 11 is 3.16. The van der Waals surface area contributed by atoms with Crippen LogP contribution in [0, 0.1) is 4.20 Å². The molecule has 0 unspecified atom stereocenters. The predicted molar refractivity (Wildman–Crippen MR) is 23.1 cm³/mol. The monoisotopic (exact) mass is 304 g/mol. The van der Waals surface area contributed by atoms with E-state index in [1.807, 2.05) is 0 Å². The minimum atomic E-state index is -0.209. The van der Waals surface area contributed by atoms with Crippen LogP contribution in [0.1, 0.15) is 13.3 Å². The summed E-state index contributed by atoms with van der Waals surface area (Å²) in [4.78, 5) is 0. The molecule has 0 aromatic heterocycles. The van der Waals surface area contributed by atoms with Gasteiger partial charge in [0.2, 0.25) is 0 Å². The molecular formula is C3H5BrW. The van der Waals surface area contributed by atoms with Crippen molar-refractivity contribution in [2.75, 3.05) is 0 Å². The SMILES string of the molecule is CC[C]#[W][Br]. The van der Waals surface area contributed by atoms with Crippen molar-refractivity contribution < 1.29 is 15.8 Å². The topological polar surface area (TPSA) is 0 Å². The molecule has 0 aliphatic heterocycles. The second kappa shape index (κ2) is 4.95. The van der Waals surface area contributed by atoms with E-state index in [0.717, 1.165) is 6.42 Å². The number of halogens is 1. The number of hydrogen-bond donors (Lipinski definition) is 0. The van der Waals surface area contributed by atoms with Gasteiger partial charge in [-0.1, -0.05) is 0 Å². The fraction of sp³-hybridized carbons (Fsp3) is 0.667. The van der Waals surface area contributed by atoms with E-state index >= 15 is 0 Å². The zero-order valence-electron chi connectivity index (χ0n) is 2.99. The number of hydrogen-bond acceptors (Lipinski definition) is 0. The van der Waals surface area contributed by atoms with E-state index < -0.39 is 0 Å². The molecule has 0 aliphatic rings. The Kier molecular flexibility index (Phi) is 5.89. The van der Waals surface area contributed by atoms with Crippen LogP contribution in [-0.4, -0.2) is 0 Å². The van der Waals surface area contributed by atoms with Gasteiger partial charge in [0.25, 0.3) is 0 Å². The minimum absolute atomic E-state index is 0.209. The molecule has 0 fully saturated rings. The summed E-state index contributed by atoms with van der Waals surface area (Å²) in [5.41, 5.74) is 0. The van der Waals surface area contributed by atoms with Gasteiger partial charge >= 0.3 is 46.7 Å². The molecule has 0 bridgehead atoms. The molecule has 0 saturated carbocycles. The van der Waals surface area contributed by atoms with Crippen LogP contribution in [0.2, 0.25) is 0 Å². The van der Waals surface area contributed by atoms with Crippen molar-refractivity contribution in [2.45, 2.75) is 13.3 Å². The molecule has 2 heteroatoms. The van der Waals surface area contributed by atoms with Crippen molar-refractivity contribution >= 4 is 13.3 Å². The van der Waals surface area contributed by atoms with Crippen LogP contribution in [-0.2, 0) is 15.8 Å². The summed E-state index contributed by atoms with van der Waals surface area (Å²) in [6.45, 7) is 2.11. The van der Waals surface area contributed by atoms with Gasteiger partial charge in [-0.25, -0.2) is 0 Å². The van der Waals surface area contributed by atoms with Gasteiger partial charge in [0.1, 0.15) is 0 Å². The molecule has 0 aliphatic carbocycles. The van der Waals surface area contributed by atoms with Crippen LogP contribution >= 0.6 is 13.3 Å². The van der Waals surface area contributed by atoms with Gasteiger partial charge in [-0.3, -0.25) is 0 Å². The Hall–Kier alpha value is 0.948. The summed E-state index contributed by atoms with van der Waals surface area (Å²) in [7, 11) is 0. The first-order chi connectivity index (χ1) is 2.41. The number of rotatable bonds is 0. The van der Waals surface area contributed by atoms with E-state index in [1.165, 1.54) is 0 Å². The molecule has 0 aromatic carbocycles. The van der Waals surface area contributed by atoms with Gasteiger partial charge in [-0.2, -0.15) is 0 Å². The van der Waals surface area contributed by atoms with Crippen LogP contribution in [0.4, 0.5) is 0 Å². The normalized spacial score (nSPS) is 6.00. The second-order valence-corrected chi connectivity index (χ2v) is 4.82. The third-order valence-electron chi connectivity index (χ3n) is 0.199. The third-order valence-corrected chi connectivity index (χ3v) is 3.50. The summed E-state index contributed by atoms with van der Waals surface area (Å²) < 4.78 is 3.19. The molecule has 0 atom stereocenters. The van der Waals surface area contributed by atoms with Crippen LogP contribution in [0.5, 0.6) is 0 Å². The molecule has 0 heterocycles. The van der Waals surface area contributed by atoms with Gasteiger partial charge in [0.15, 0.2) is 0 Å². The van der Waals surface area contributed by atoms with E-state index in [-0.39, 0.29) is 15.8 Å². The van der Waals surface area contributed by atoms with Crippen LogP contribution < -0.4 is 0 Å². The summed E-state index contributed by atoms with van der Waals surface area (Å²) in [6, 6.07) is 0. The van der Waals surface area contributed by atoms with Gasteiger partial charge in [0.05, 0.1) is 0 Å². The molecule has 30 valence electrons. The average molecular weight is 305 g/mol. The summed E-state index contributed by atoms with van der Waals surface area (Å²) in [5, 5.41) is 0. The maximum atomic E-state index is 3.37. The van der Waals surface area contributed by atoms with Crippen molar-refractivity contribution in [1.82, 2.24) is 0 Å². The molecule has 0 N–H and O–H groups in total. The van der Waals surface area contributed by atoms with Crippen LogP contribution in [0.25, 0.3) is 0 Å². The molecule has 0 spiro atoms. The maximum absolute atomic E-state index is 3.37. The molecule has 0 radical (unpaired) electrons. The Morgan fingerprint density at radius 3 is 2.60 bits per heavy atom. The van der Waals surface area contributed by atoms with Gasteiger partial charge in [-0.05, 0) is 0 Å². The Morgan fingerprint density at radius 2 is 2.60 bits per heavy atom. The van der Waals surface area contributed by atoms with Crippen molar-refractivity contribution in [3.8, 4) is 4.20 Å². The van der Waals surface area contributed by atoms with Crippen molar-refractivity contribution in [3.05, 3.63) is 0 Å². The van der Waals surface area contributed by atoms with E-state index in [9.17, 15) is 0 Å². The standard InChI is InChI=1S/C3H5.BrH.W/c1-3-2;;/h3H2,1H3;1H;/q;;+1/p-1. The Labute approximate surface area is 46.7 Å². The van der Waals surface area contributed by atoms with Gasteiger partial charge in [0, 0.05) is 0 Å². The Bertz CT molecular complexity index is 59.0. The summed E-state index contributed by atoms with van der Waals surface area (Å²) in [5.74, 6) is 0. The van der Waals surface area contributed by atoms with Crippen molar-refractivity contribution in [3.63, 3.8) is 0 Å². The Morgan fingerprint density at radius 1 is 2.00 bits per heavy atom. The van der Waals surface area contributed by atoms with Gasteiger partial charge in [-0.15, -0.1) is 0 Å². The second-order valence-electron chi connectivity index (χ2n) is 0.575. The first-order valence-electron chi connectivity index (χ1n) is 1.42. The van der Waals surface area contributed by atoms with Crippen molar-refractivity contribution in [2.24, 2.45) is 0 Å². The predicted octanol–water partition coefficient (Wildman–Crippen LogP) is 1.75. The van der Waals surface area contributed by atoms with E-state index in [0.29, 0.717) is 0 Å². The fourth-order valence-corrected chi connectivity index (χ4v) is 2.32. The zero-order chi connectivity index (χ0) is 4.12. The van der Waals surface area contributed by atoms with Crippen molar-refractivity contribution in [1.29, 1.82) is 0 Å².